The molecule has 13 rings (SSSR count). The van der Waals surface area contributed by atoms with Crippen LogP contribution in [0.3, 0.4) is 0 Å². The topological polar surface area (TPSA) is 69.7 Å². The first kappa shape index (κ1) is 42.7. The Morgan fingerprint density at radius 2 is 1.10 bits per heavy atom. The molecule has 0 fully saturated rings. The number of hydrogen-bond donors (Lipinski definition) is 0. The molecule has 0 saturated carbocycles. The highest BCUT2D eigenvalue weighted by atomic mass is 35.5. The molecule has 5 heterocycles. The molecule has 0 radical (unpaired) electrons. The molecule has 5 aliphatic heterocycles. The van der Waals surface area contributed by atoms with Gasteiger partial charge in [-0.15, -0.1) is 0 Å². The highest BCUT2D eigenvalue weighted by Crippen LogP contribution is 2.61. The van der Waals surface area contributed by atoms with E-state index in [0.717, 1.165) is 57.1 Å². The monoisotopic (exact) mass is 928 g/mol. The van der Waals surface area contributed by atoms with Crippen LogP contribution in [0.2, 0.25) is 5.02 Å². The number of fused-ring (bicyclic) bond motifs is 10. The van der Waals surface area contributed by atoms with E-state index in [4.69, 9.17) is 35.3 Å². The van der Waals surface area contributed by atoms with E-state index >= 15 is 0 Å². The molecule has 0 aliphatic carbocycles. The number of aryl methyl sites for hydroxylation is 1. The van der Waals surface area contributed by atoms with Gasteiger partial charge in [-0.3, -0.25) is 9.69 Å². The van der Waals surface area contributed by atoms with Gasteiger partial charge in [0.2, 0.25) is 5.91 Å². The second-order valence-electron chi connectivity index (χ2n) is 18.3. The van der Waals surface area contributed by atoms with Crippen LogP contribution in [0.5, 0.6) is 28.7 Å². The van der Waals surface area contributed by atoms with Crippen LogP contribution >= 0.6 is 11.6 Å². The Morgan fingerprint density at radius 1 is 0.551 bits per heavy atom. The fourth-order valence-corrected chi connectivity index (χ4v) is 11.7. The number of nitrogens with zero attached hydrogens (tertiary/aromatic N) is 2. The van der Waals surface area contributed by atoms with E-state index in [9.17, 15) is 4.79 Å². The largest absolute Gasteiger partial charge is 0.496 e. The molecule has 0 N–H and O–H groups in total. The molecule has 8 aromatic carbocycles. The third kappa shape index (κ3) is 6.75. The number of anilines is 2. The Kier molecular flexibility index (Phi) is 10.6. The van der Waals surface area contributed by atoms with Gasteiger partial charge in [0, 0.05) is 35.6 Å². The first-order valence-electron chi connectivity index (χ1n) is 23.5. The Labute approximate surface area is 407 Å². The van der Waals surface area contributed by atoms with Gasteiger partial charge >= 0.3 is 0 Å². The lowest BCUT2D eigenvalue weighted by molar-refractivity contribution is -0.122. The Morgan fingerprint density at radius 3 is 1.72 bits per heavy atom. The molecular weight excluding hydrogens is 880 g/mol. The van der Waals surface area contributed by atoms with Crippen molar-refractivity contribution in [2.24, 2.45) is 0 Å². The molecule has 342 valence electrons. The molecule has 69 heavy (non-hydrogen) atoms. The number of methoxy groups -OCH3 is 1. The third-order valence-electron chi connectivity index (χ3n) is 14.5. The minimum atomic E-state index is -0.884. The van der Waals surface area contributed by atoms with Crippen LogP contribution in [-0.2, 0) is 15.6 Å². The maximum Gasteiger partial charge on any atom is 0.246 e. The molecule has 2 spiro atoms. The van der Waals surface area contributed by atoms with Gasteiger partial charge in [-0.25, -0.2) is 0 Å². The van der Waals surface area contributed by atoms with Gasteiger partial charge in [-0.05, 0) is 64.1 Å². The summed E-state index contributed by atoms with van der Waals surface area (Å²) < 4.78 is 30.2. The molecule has 0 aromatic heterocycles. The first-order valence-corrected chi connectivity index (χ1v) is 23.9. The predicted octanol–water partition coefficient (Wildman–Crippen LogP) is 12.2. The van der Waals surface area contributed by atoms with Crippen molar-refractivity contribution in [3.05, 3.63) is 243 Å². The molecule has 0 saturated heterocycles. The fourth-order valence-electron chi connectivity index (χ4n) is 11.5. The number of para-hydroxylation sites is 2. The van der Waals surface area contributed by atoms with Gasteiger partial charge in [0.25, 0.3) is 0 Å². The van der Waals surface area contributed by atoms with Crippen LogP contribution in [0.4, 0.5) is 11.4 Å². The van der Waals surface area contributed by atoms with E-state index in [1.807, 2.05) is 72.5 Å². The molecule has 0 bridgehead atoms. The van der Waals surface area contributed by atoms with Crippen LogP contribution in [0.25, 0.3) is 0 Å². The van der Waals surface area contributed by atoms with Crippen molar-refractivity contribution in [3.63, 3.8) is 0 Å². The smallest absolute Gasteiger partial charge is 0.246 e. The van der Waals surface area contributed by atoms with Crippen molar-refractivity contribution >= 4 is 28.9 Å². The molecule has 9 heteroatoms. The highest BCUT2D eigenvalue weighted by molar-refractivity contribution is 6.32. The number of amides is 1. The average molecular weight is 930 g/mol. The zero-order chi connectivity index (χ0) is 46.7. The zero-order valence-electron chi connectivity index (χ0n) is 38.3. The number of benzene rings is 8. The summed E-state index contributed by atoms with van der Waals surface area (Å²) in [5.74, 6) is 3.68. The van der Waals surface area contributed by atoms with Crippen LogP contribution in [-0.4, -0.2) is 46.0 Å². The van der Waals surface area contributed by atoms with Crippen molar-refractivity contribution in [1.29, 1.82) is 0 Å². The summed E-state index contributed by atoms with van der Waals surface area (Å²) in [4.78, 5) is 19.1. The molecule has 5 aliphatic rings. The van der Waals surface area contributed by atoms with Gasteiger partial charge in [0.1, 0.15) is 49.1 Å². The number of rotatable bonds is 7. The number of halogens is 1. The van der Waals surface area contributed by atoms with Crippen LogP contribution in [0, 0.1) is 6.92 Å². The van der Waals surface area contributed by atoms with Crippen molar-refractivity contribution < 1.29 is 28.5 Å². The number of carbonyl (C=O) groups is 1. The van der Waals surface area contributed by atoms with E-state index in [0.29, 0.717) is 42.1 Å². The van der Waals surface area contributed by atoms with Crippen molar-refractivity contribution in [2.45, 2.75) is 29.8 Å². The molecule has 2 atom stereocenters. The van der Waals surface area contributed by atoms with E-state index in [1.54, 1.807) is 7.11 Å². The third-order valence-corrected chi connectivity index (χ3v) is 14.8. The maximum absolute atomic E-state index is 14.6. The summed E-state index contributed by atoms with van der Waals surface area (Å²) in [6, 6.07) is 64.2. The van der Waals surface area contributed by atoms with Gasteiger partial charge in [-0.2, -0.15) is 0 Å². The SMILES string of the molecule is COc1cc2c(cc1C)C1(CO2)C(=O)N(C(c2ccccc2)c2ccccc2)c2ccccc21.Clc1cc2c(c3c1OCC31CN(C(c3ccccc3)c3ccccc3)c3ccccc31)OCCO2. The number of ether oxygens (including phenoxy) is 5. The van der Waals surface area contributed by atoms with E-state index in [2.05, 4.69) is 132 Å². The Hall–Kier alpha value is -7.68. The second-order valence-corrected chi connectivity index (χ2v) is 18.7. The minimum absolute atomic E-state index is 0.0368. The van der Waals surface area contributed by atoms with E-state index in [1.165, 1.54) is 22.4 Å². The number of carbonyl (C=O) groups excluding carboxylic acids is 1. The normalized spacial score (nSPS) is 18.9. The summed E-state index contributed by atoms with van der Waals surface area (Å²) in [5, 5.41) is 0.569. The van der Waals surface area contributed by atoms with Gasteiger partial charge < -0.3 is 28.6 Å². The molecule has 2 unspecified atom stereocenters. The summed E-state index contributed by atoms with van der Waals surface area (Å²) in [6.45, 7) is 4.56. The van der Waals surface area contributed by atoms with Crippen LogP contribution < -0.4 is 33.5 Å². The highest BCUT2D eigenvalue weighted by Gasteiger charge is 2.59. The molecule has 8 nitrogen and oxygen atoms in total. The average Bonchev–Trinajstić information content (AvgIpc) is 4.14. The quantitative estimate of drug-likeness (QED) is 0.158. The lowest BCUT2D eigenvalue weighted by atomic mass is 9.76. The number of hydrogen-bond acceptors (Lipinski definition) is 7. The van der Waals surface area contributed by atoms with Gasteiger partial charge in [0.15, 0.2) is 11.5 Å². The van der Waals surface area contributed by atoms with Crippen molar-refractivity contribution in [1.82, 2.24) is 0 Å². The lowest BCUT2D eigenvalue weighted by Crippen LogP contribution is -2.44. The second kappa shape index (κ2) is 17.1. The van der Waals surface area contributed by atoms with E-state index in [-0.39, 0.29) is 24.6 Å². The molecular formula is C60H49ClN2O6. The van der Waals surface area contributed by atoms with Crippen LogP contribution in [0.15, 0.2) is 188 Å². The minimum Gasteiger partial charge on any atom is -0.496 e. The van der Waals surface area contributed by atoms with E-state index < -0.39 is 10.8 Å². The molecule has 1 amide bonds. The Bertz CT molecular complexity index is 3150. The summed E-state index contributed by atoms with van der Waals surface area (Å²) in [7, 11) is 1.65. The van der Waals surface area contributed by atoms with Crippen LogP contribution in [0.1, 0.15) is 62.2 Å². The summed E-state index contributed by atoms with van der Waals surface area (Å²) in [6.07, 6.45) is 0. The predicted molar refractivity (Wildman–Crippen MR) is 270 cm³/mol. The van der Waals surface area contributed by atoms with Crippen molar-refractivity contribution in [2.75, 3.05) is 49.9 Å². The fraction of sp³-hybridized carbons (Fsp3) is 0.183. The first-order chi connectivity index (χ1) is 33.9. The summed E-state index contributed by atoms with van der Waals surface area (Å²) in [5.41, 5.74) is 10.6. The Balaban J connectivity index is 0.000000143. The van der Waals surface area contributed by atoms with Crippen molar-refractivity contribution in [3.8, 4) is 28.7 Å². The summed E-state index contributed by atoms with van der Waals surface area (Å²) >= 11 is 6.71. The zero-order valence-corrected chi connectivity index (χ0v) is 39.1. The standard InChI is InChI=1S/C30H24ClNO3.C30H25NO3/c31-23-17-25-29(34-16-15-33-25)26-28(23)35-19-30(26)18-32(24-14-8-7-13-22(24)30)27(20-9-3-1-4-10-20)21-11-5-2-6-12-21;1-20-17-24-27(18-26(20)33-2)34-19-30(24)23-15-9-10-16-25(23)31(29(30)32)28(21-11-5-3-6-12-21)22-13-7-4-8-14-22/h1-14,17,27H,15-16,18-19H2;3-18,28H,19H2,1-2H3. The maximum atomic E-state index is 14.6. The van der Waals surface area contributed by atoms with Gasteiger partial charge in [-0.1, -0.05) is 169 Å². The van der Waals surface area contributed by atoms with Gasteiger partial charge in [0.05, 0.1) is 35.2 Å². The lowest BCUT2D eigenvalue weighted by Gasteiger charge is -2.34. The molecule has 8 aromatic rings.